The molecule has 12 heavy (non-hydrogen) atoms. The van der Waals surface area contributed by atoms with Gasteiger partial charge in [0, 0.05) is 25.1 Å². The fourth-order valence-electron chi connectivity index (χ4n) is 1.39. The Kier molecular flexibility index (Phi) is 1.59. The van der Waals surface area contributed by atoms with Crippen molar-refractivity contribution in [2.24, 2.45) is 5.73 Å². The van der Waals surface area contributed by atoms with Gasteiger partial charge in [-0.3, -0.25) is 0 Å². The van der Waals surface area contributed by atoms with E-state index in [1.54, 1.807) is 6.20 Å². The molecule has 0 unspecified atom stereocenters. The summed E-state index contributed by atoms with van der Waals surface area (Å²) < 4.78 is 2.00. The summed E-state index contributed by atoms with van der Waals surface area (Å²) in [5.41, 5.74) is 8.86. The molecular weight excluding hydrogens is 150 g/mol. The van der Waals surface area contributed by atoms with Crippen LogP contribution in [0.1, 0.15) is 11.1 Å². The van der Waals surface area contributed by atoms with Crippen LogP contribution in [0, 0.1) is 6.92 Å². The number of imidazole rings is 1. The van der Waals surface area contributed by atoms with E-state index < -0.39 is 0 Å². The van der Waals surface area contributed by atoms with Crippen molar-refractivity contribution in [3.8, 4) is 0 Å². The number of nitrogens with two attached hydrogens (primary N) is 1. The van der Waals surface area contributed by atoms with Gasteiger partial charge in [-0.05, 0) is 24.1 Å². The molecule has 0 saturated carbocycles. The van der Waals surface area contributed by atoms with Crippen LogP contribution in [0.5, 0.6) is 0 Å². The van der Waals surface area contributed by atoms with E-state index in [9.17, 15) is 0 Å². The van der Waals surface area contributed by atoms with Gasteiger partial charge in [-0.25, -0.2) is 4.98 Å². The summed E-state index contributed by atoms with van der Waals surface area (Å²) >= 11 is 0. The van der Waals surface area contributed by atoms with Crippen LogP contribution in [0.25, 0.3) is 5.65 Å². The number of aryl methyl sites for hydroxylation is 1. The fraction of sp³-hybridized carbons (Fsp3) is 0.222. The first kappa shape index (κ1) is 7.31. The molecule has 3 heteroatoms. The average molecular weight is 161 g/mol. The van der Waals surface area contributed by atoms with Gasteiger partial charge >= 0.3 is 0 Å². The molecular formula is C9H11N3. The molecule has 0 aliphatic rings. The molecule has 2 aromatic rings. The maximum absolute atomic E-state index is 5.54. The minimum Gasteiger partial charge on any atom is -0.326 e. The second-order valence-electron chi connectivity index (χ2n) is 2.89. The van der Waals surface area contributed by atoms with Gasteiger partial charge in [0.05, 0.1) is 0 Å². The van der Waals surface area contributed by atoms with Crippen LogP contribution in [-0.2, 0) is 6.54 Å². The van der Waals surface area contributed by atoms with Crippen LogP contribution in [0.3, 0.4) is 0 Å². The molecule has 0 saturated heterocycles. The van der Waals surface area contributed by atoms with Crippen molar-refractivity contribution in [2.75, 3.05) is 0 Å². The lowest BCUT2D eigenvalue weighted by molar-refractivity contribution is 1.02. The van der Waals surface area contributed by atoms with Gasteiger partial charge in [-0.15, -0.1) is 0 Å². The first-order valence-corrected chi connectivity index (χ1v) is 3.93. The molecule has 0 aromatic carbocycles. The second-order valence-corrected chi connectivity index (χ2v) is 2.89. The van der Waals surface area contributed by atoms with Crippen molar-refractivity contribution >= 4 is 5.65 Å². The highest BCUT2D eigenvalue weighted by Gasteiger charge is 1.99. The van der Waals surface area contributed by atoms with Gasteiger partial charge < -0.3 is 10.1 Å². The number of fused-ring (bicyclic) bond motifs is 1. The lowest BCUT2D eigenvalue weighted by atomic mass is 10.2. The van der Waals surface area contributed by atoms with Crippen LogP contribution < -0.4 is 5.73 Å². The number of nitrogens with zero attached hydrogens (tertiary/aromatic N) is 2. The molecule has 0 atom stereocenters. The monoisotopic (exact) mass is 161 g/mol. The summed E-state index contributed by atoms with van der Waals surface area (Å²) in [5.74, 6) is 0. The quantitative estimate of drug-likeness (QED) is 0.680. The number of hydrogen-bond donors (Lipinski definition) is 1. The Labute approximate surface area is 70.8 Å². The van der Waals surface area contributed by atoms with Crippen LogP contribution in [0.15, 0.2) is 24.7 Å². The maximum atomic E-state index is 5.54. The van der Waals surface area contributed by atoms with E-state index in [1.807, 2.05) is 23.7 Å². The Bertz CT molecular complexity index is 403. The summed E-state index contributed by atoms with van der Waals surface area (Å²) in [5, 5.41) is 0. The molecule has 0 bridgehead atoms. The predicted molar refractivity (Wildman–Crippen MR) is 47.8 cm³/mol. The zero-order chi connectivity index (χ0) is 8.55. The van der Waals surface area contributed by atoms with Crippen LogP contribution >= 0.6 is 0 Å². The number of aromatic nitrogens is 2. The molecule has 0 spiro atoms. The summed E-state index contributed by atoms with van der Waals surface area (Å²) in [6.45, 7) is 2.62. The second kappa shape index (κ2) is 2.60. The topological polar surface area (TPSA) is 43.3 Å². The minimum absolute atomic E-state index is 0.578. The first-order valence-electron chi connectivity index (χ1n) is 3.93. The zero-order valence-corrected chi connectivity index (χ0v) is 6.99. The summed E-state index contributed by atoms with van der Waals surface area (Å²) in [7, 11) is 0. The SMILES string of the molecule is Cc1cc(CN)cn2ccnc12. The summed E-state index contributed by atoms with van der Waals surface area (Å²) in [4.78, 5) is 4.22. The van der Waals surface area contributed by atoms with E-state index in [1.165, 1.54) is 5.56 Å². The molecule has 3 nitrogen and oxygen atoms in total. The number of hydrogen-bond acceptors (Lipinski definition) is 2. The first-order chi connectivity index (χ1) is 5.81. The van der Waals surface area contributed by atoms with E-state index in [-0.39, 0.29) is 0 Å². The Morgan fingerprint density at radius 2 is 2.42 bits per heavy atom. The Morgan fingerprint density at radius 1 is 1.58 bits per heavy atom. The molecule has 0 amide bonds. The van der Waals surface area contributed by atoms with Crippen molar-refractivity contribution in [1.82, 2.24) is 9.38 Å². The molecule has 0 aliphatic carbocycles. The third-order valence-corrected chi connectivity index (χ3v) is 1.96. The van der Waals surface area contributed by atoms with E-state index >= 15 is 0 Å². The molecule has 0 aliphatic heterocycles. The molecule has 0 radical (unpaired) electrons. The number of pyridine rings is 1. The molecule has 2 rings (SSSR count). The minimum atomic E-state index is 0.578. The van der Waals surface area contributed by atoms with E-state index in [4.69, 9.17) is 5.73 Å². The van der Waals surface area contributed by atoms with Gasteiger partial charge in [-0.2, -0.15) is 0 Å². The van der Waals surface area contributed by atoms with Crippen molar-refractivity contribution in [2.45, 2.75) is 13.5 Å². The highest BCUT2D eigenvalue weighted by molar-refractivity contribution is 5.48. The Balaban J connectivity index is 2.75. The zero-order valence-electron chi connectivity index (χ0n) is 6.99. The standard InChI is InChI=1S/C9H11N3/c1-7-4-8(5-10)6-12-3-2-11-9(7)12/h2-4,6H,5,10H2,1H3. The maximum Gasteiger partial charge on any atom is 0.139 e. The van der Waals surface area contributed by atoms with Gasteiger partial charge in [0.25, 0.3) is 0 Å². The van der Waals surface area contributed by atoms with Crippen molar-refractivity contribution in [3.63, 3.8) is 0 Å². The molecule has 2 aromatic heterocycles. The fourth-order valence-corrected chi connectivity index (χ4v) is 1.39. The Morgan fingerprint density at radius 3 is 3.17 bits per heavy atom. The Hall–Kier alpha value is -1.35. The van der Waals surface area contributed by atoms with Crippen molar-refractivity contribution < 1.29 is 0 Å². The molecule has 62 valence electrons. The molecule has 0 fully saturated rings. The molecule has 2 heterocycles. The lowest BCUT2D eigenvalue weighted by Gasteiger charge is -2.01. The normalized spacial score (nSPS) is 10.8. The van der Waals surface area contributed by atoms with Gasteiger partial charge in [0.1, 0.15) is 5.65 Å². The highest BCUT2D eigenvalue weighted by atomic mass is 15.0. The average Bonchev–Trinajstić information content (AvgIpc) is 2.52. The largest absolute Gasteiger partial charge is 0.326 e. The van der Waals surface area contributed by atoms with E-state index in [2.05, 4.69) is 11.1 Å². The van der Waals surface area contributed by atoms with Gasteiger partial charge in [-0.1, -0.05) is 0 Å². The lowest BCUT2D eigenvalue weighted by Crippen LogP contribution is -1.99. The third-order valence-electron chi connectivity index (χ3n) is 1.96. The van der Waals surface area contributed by atoms with Crippen LogP contribution in [-0.4, -0.2) is 9.38 Å². The van der Waals surface area contributed by atoms with Gasteiger partial charge in [0.2, 0.25) is 0 Å². The van der Waals surface area contributed by atoms with E-state index in [0.29, 0.717) is 6.54 Å². The van der Waals surface area contributed by atoms with Crippen LogP contribution in [0.4, 0.5) is 0 Å². The van der Waals surface area contributed by atoms with Crippen molar-refractivity contribution in [3.05, 3.63) is 35.8 Å². The number of rotatable bonds is 1. The third kappa shape index (κ3) is 0.987. The predicted octanol–water partition coefficient (Wildman–Crippen LogP) is 1.10. The smallest absolute Gasteiger partial charge is 0.139 e. The van der Waals surface area contributed by atoms with E-state index in [0.717, 1.165) is 11.2 Å². The van der Waals surface area contributed by atoms with Gasteiger partial charge in [0.15, 0.2) is 0 Å². The highest BCUT2D eigenvalue weighted by Crippen LogP contribution is 2.10. The summed E-state index contributed by atoms with van der Waals surface area (Å²) in [6, 6.07) is 2.07. The van der Waals surface area contributed by atoms with Crippen LogP contribution in [0.2, 0.25) is 0 Å². The van der Waals surface area contributed by atoms with Crippen molar-refractivity contribution in [1.29, 1.82) is 0 Å². The molecule has 2 N–H and O–H groups in total. The summed E-state index contributed by atoms with van der Waals surface area (Å²) in [6.07, 6.45) is 5.74.